The van der Waals surface area contributed by atoms with Gasteiger partial charge in [0.15, 0.2) is 5.82 Å². The quantitative estimate of drug-likeness (QED) is 0.832. The second-order valence-corrected chi connectivity index (χ2v) is 7.39. The first-order valence-corrected chi connectivity index (χ1v) is 9.59. The monoisotopic (exact) mass is 349 g/mol. The zero-order valence-electron chi connectivity index (χ0n) is 14.7. The molecule has 1 atom stereocenters. The molecular weight excluding hydrogens is 322 g/mol. The van der Waals surface area contributed by atoms with E-state index in [1.54, 1.807) is 0 Å². The van der Waals surface area contributed by atoms with Crippen LogP contribution in [0.1, 0.15) is 62.1 Å². The third-order valence-electron chi connectivity index (χ3n) is 5.70. The first-order chi connectivity index (χ1) is 12.3. The average Bonchev–Trinajstić information content (AvgIpc) is 3.19. The molecule has 0 radical (unpaired) electrons. The third-order valence-corrected chi connectivity index (χ3v) is 5.70. The highest BCUT2D eigenvalue weighted by atomic mass is 16.5. The van der Waals surface area contributed by atoms with Crippen molar-refractivity contribution in [3.63, 3.8) is 0 Å². The van der Waals surface area contributed by atoms with E-state index in [0.717, 1.165) is 64.1 Å². The van der Waals surface area contributed by atoms with Gasteiger partial charge in [0.2, 0.25) is 11.8 Å². The Balaban J connectivity index is 1.39. The molecule has 0 N–H and O–H groups in total. The van der Waals surface area contributed by atoms with Gasteiger partial charge in [-0.3, -0.25) is 4.79 Å². The molecule has 138 valence electrons. The van der Waals surface area contributed by atoms with Crippen LogP contribution in [0.4, 0.5) is 0 Å². The van der Waals surface area contributed by atoms with Crippen molar-refractivity contribution in [2.24, 2.45) is 5.92 Å². The van der Waals surface area contributed by atoms with Gasteiger partial charge in [-0.05, 0) is 38.5 Å². The summed E-state index contributed by atoms with van der Waals surface area (Å²) in [5, 5.41) is 4.21. The van der Waals surface area contributed by atoms with Crippen LogP contribution in [0.15, 0.2) is 4.52 Å². The van der Waals surface area contributed by atoms with Crippen LogP contribution in [-0.4, -0.2) is 60.5 Å². The minimum atomic E-state index is 0.119. The predicted molar refractivity (Wildman–Crippen MR) is 89.2 cm³/mol. The predicted octanol–water partition coefficient (Wildman–Crippen LogP) is 2.10. The lowest BCUT2D eigenvalue weighted by atomic mass is 9.93. The van der Waals surface area contributed by atoms with Gasteiger partial charge in [-0.25, -0.2) is 0 Å². The fourth-order valence-corrected chi connectivity index (χ4v) is 4.12. The van der Waals surface area contributed by atoms with Gasteiger partial charge in [0, 0.05) is 51.4 Å². The van der Waals surface area contributed by atoms with Gasteiger partial charge in [0.05, 0.1) is 5.92 Å². The van der Waals surface area contributed by atoms with E-state index in [1.807, 2.05) is 4.90 Å². The zero-order valence-corrected chi connectivity index (χ0v) is 14.7. The molecule has 4 heterocycles. The Bertz CT molecular complexity index is 579. The summed E-state index contributed by atoms with van der Waals surface area (Å²) in [6.07, 6.45) is 5.60. The summed E-state index contributed by atoms with van der Waals surface area (Å²) >= 11 is 0. The fourth-order valence-electron chi connectivity index (χ4n) is 4.12. The number of piperidine rings is 1. The molecule has 1 amide bonds. The molecule has 3 aliphatic heterocycles. The molecule has 0 aromatic carbocycles. The maximum atomic E-state index is 12.8. The highest BCUT2D eigenvalue weighted by molar-refractivity contribution is 5.79. The number of carbonyl (C=O) groups is 1. The summed E-state index contributed by atoms with van der Waals surface area (Å²) in [6.45, 7) is 4.48. The van der Waals surface area contributed by atoms with Gasteiger partial charge in [0.1, 0.15) is 0 Å². The molecule has 3 fully saturated rings. The molecule has 4 rings (SSSR count). The van der Waals surface area contributed by atoms with E-state index in [4.69, 9.17) is 14.0 Å². The minimum absolute atomic E-state index is 0.119. The van der Waals surface area contributed by atoms with Crippen molar-refractivity contribution < 1.29 is 18.8 Å². The van der Waals surface area contributed by atoms with Gasteiger partial charge >= 0.3 is 0 Å². The van der Waals surface area contributed by atoms with E-state index in [-0.39, 0.29) is 17.7 Å². The van der Waals surface area contributed by atoms with Crippen LogP contribution in [0.2, 0.25) is 0 Å². The number of ether oxygens (including phenoxy) is 2. The molecular formula is C18H27N3O4. The Kier molecular flexibility index (Phi) is 5.31. The summed E-state index contributed by atoms with van der Waals surface area (Å²) in [5.41, 5.74) is 0. The summed E-state index contributed by atoms with van der Waals surface area (Å²) < 4.78 is 16.3. The second kappa shape index (κ2) is 7.83. The number of carbonyl (C=O) groups excluding carboxylic acids is 1. The number of amides is 1. The Morgan fingerprint density at radius 2 is 1.68 bits per heavy atom. The molecule has 1 unspecified atom stereocenters. The van der Waals surface area contributed by atoms with E-state index >= 15 is 0 Å². The Hall–Kier alpha value is -1.47. The van der Waals surface area contributed by atoms with Crippen molar-refractivity contribution >= 4 is 5.91 Å². The van der Waals surface area contributed by atoms with Gasteiger partial charge in [-0.15, -0.1) is 0 Å². The molecule has 25 heavy (non-hydrogen) atoms. The number of aromatic nitrogens is 2. The first kappa shape index (κ1) is 17.0. The summed E-state index contributed by atoms with van der Waals surface area (Å²) in [5.74, 6) is 2.41. The number of likely N-dealkylation sites (tertiary alicyclic amines) is 1. The van der Waals surface area contributed by atoms with Gasteiger partial charge in [-0.2, -0.15) is 4.98 Å². The van der Waals surface area contributed by atoms with Crippen LogP contribution < -0.4 is 0 Å². The van der Waals surface area contributed by atoms with E-state index in [1.165, 1.54) is 0 Å². The highest BCUT2D eigenvalue weighted by Gasteiger charge is 2.33. The van der Waals surface area contributed by atoms with Crippen molar-refractivity contribution in [2.45, 2.75) is 50.4 Å². The number of rotatable bonds is 3. The maximum Gasteiger partial charge on any atom is 0.231 e. The maximum absolute atomic E-state index is 12.8. The molecule has 0 saturated carbocycles. The van der Waals surface area contributed by atoms with E-state index in [0.29, 0.717) is 31.6 Å². The fraction of sp³-hybridized carbons (Fsp3) is 0.833. The standard InChI is InChI=1S/C18H27N3O4/c22-18(14-5-10-24-11-6-14)21-7-1-2-15(12-21)17-19-16(20-25-17)13-3-8-23-9-4-13/h13-15H,1-12H2. The van der Waals surface area contributed by atoms with Crippen molar-refractivity contribution in [1.29, 1.82) is 0 Å². The smallest absolute Gasteiger partial charge is 0.231 e. The minimum Gasteiger partial charge on any atom is -0.381 e. The normalized spacial score (nSPS) is 26.7. The topological polar surface area (TPSA) is 77.7 Å². The molecule has 0 spiro atoms. The average molecular weight is 349 g/mol. The summed E-state index contributed by atoms with van der Waals surface area (Å²) in [4.78, 5) is 19.4. The lowest BCUT2D eigenvalue weighted by Gasteiger charge is -2.34. The molecule has 0 bridgehead atoms. The molecule has 3 saturated heterocycles. The highest BCUT2D eigenvalue weighted by Crippen LogP contribution is 2.30. The van der Waals surface area contributed by atoms with Gasteiger partial charge < -0.3 is 18.9 Å². The molecule has 0 aliphatic carbocycles. The molecule has 3 aliphatic rings. The summed E-state index contributed by atoms with van der Waals surface area (Å²) in [6, 6.07) is 0. The van der Waals surface area contributed by atoms with Crippen LogP contribution in [0.25, 0.3) is 0 Å². The Morgan fingerprint density at radius 1 is 0.960 bits per heavy atom. The SMILES string of the molecule is O=C(C1CCOCC1)N1CCCC(c2nc(C3CCOCC3)no2)C1. The first-order valence-electron chi connectivity index (χ1n) is 9.59. The van der Waals surface area contributed by atoms with Crippen LogP contribution >= 0.6 is 0 Å². The largest absolute Gasteiger partial charge is 0.381 e. The van der Waals surface area contributed by atoms with E-state index < -0.39 is 0 Å². The van der Waals surface area contributed by atoms with Crippen molar-refractivity contribution in [3.05, 3.63) is 11.7 Å². The second-order valence-electron chi connectivity index (χ2n) is 7.39. The molecule has 1 aromatic heterocycles. The van der Waals surface area contributed by atoms with Crippen LogP contribution in [0, 0.1) is 5.92 Å². The number of hydrogen-bond donors (Lipinski definition) is 0. The molecule has 1 aromatic rings. The van der Waals surface area contributed by atoms with E-state index in [2.05, 4.69) is 10.1 Å². The molecule has 7 nitrogen and oxygen atoms in total. The Morgan fingerprint density at radius 3 is 2.44 bits per heavy atom. The van der Waals surface area contributed by atoms with Crippen molar-refractivity contribution in [1.82, 2.24) is 15.0 Å². The summed E-state index contributed by atoms with van der Waals surface area (Å²) in [7, 11) is 0. The third kappa shape index (κ3) is 3.87. The lowest BCUT2D eigenvalue weighted by Crippen LogP contribution is -2.43. The van der Waals surface area contributed by atoms with E-state index in [9.17, 15) is 4.79 Å². The van der Waals surface area contributed by atoms with Gasteiger partial charge in [-0.1, -0.05) is 5.16 Å². The van der Waals surface area contributed by atoms with Gasteiger partial charge in [0.25, 0.3) is 0 Å². The van der Waals surface area contributed by atoms with Crippen molar-refractivity contribution in [3.8, 4) is 0 Å². The Labute approximate surface area is 148 Å². The number of hydrogen-bond acceptors (Lipinski definition) is 6. The molecule has 7 heteroatoms. The van der Waals surface area contributed by atoms with Crippen LogP contribution in [0.3, 0.4) is 0 Å². The van der Waals surface area contributed by atoms with Crippen molar-refractivity contribution in [2.75, 3.05) is 39.5 Å². The van der Waals surface area contributed by atoms with Crippen LogP contribution in [0.5, 0.6) is 0 Å². The zero-order chi connectivity index (χ0) is 17.1. The number of nitrogens with zero attached hydrogens (tertiary/aromatic N) is 3. The lowest BCUT2D eigenvalue weighted by molar-refractivity contribution is -0.139. The van der Waals surface area contributed by atoms with Crippen LogP contribution in [-0.2, 0) is 14.3 Å².